The van der Waals surface area contributed by atoms with Crippen molar-refractivity contribution in [3.8, 4) is 5.75 Å². The van der Waals surface area contributed by atoms with Gasteiger partial charge in [-0.1, -0.05) is 34.1 Å². The van der Waals surface area contributed by atoms with Gasteiger partial charge in [0, 0.05) is 10.2 Å². The van der Waals surface area contributed by atoms with Crippen molar-refractivity contribution in [2.45, 2.75) is 13.3 Å². The highest BCUT2D eigenvalue weighted by atomic mass is 79.9. The Kier molecular flexibility index (Phi) is 3.97. The fraction of sp³-hybridized carbons (Fsp3) is 0.235. The molecular formula is C17H16BrNO2. The average Bonchev–Trinajstić information content (AvgIpc) is 2.50. The fourth-order valence-electron chi connectivity index (χ4n) is 2.46. The lowest BCUT2D eigenvalue weighted by Gasteiger charge is -2.24. The molecule has 0 radical (unpaired) electrons. The average molecular weight is 346 g/mol. The lowest BCUT2D eigenvalue weighted by atomic mass is 9.96. The number of amides is 1. The first kappa shape index (κ1) is 14.1. The van der Waals surface area contributed by atoms with Crippen LogP contribution in [0.1, 0.15) is 11.1 Å². The zero-order valence-electron chi connectivity index (χ0n) is 11.7. The number of hydrogen-bond donors (Lipinski definition) is 1. The smallest absolute Gasteiger partial charge is 0.231 e. The van der Waals surface area contributed by atoms with Crippen LogP contribution < -0.4 is 10.1 Å². The molecule has 2 aromatic carbocycles. The van der Waals surface area contributed by atoms with Crippen molar-refractivity contribution < 1.29 is 9.53 Å². The Balaban J connectivity index is 1.70. The summed E-state index contributed by atoms with van der Waals surface area (Å²) in [5, 5.41) is 2.97. The summed E-state index contributed by atoms with van der Waals surface area (Å²) in [7, 11) is 0. The lowest BCUT2D eigenvalue weighted by Crippen LogP contribution is -2.32. The Hall–Kier alpha value is -1.81. The van der Waals surface area contributed by atoms with Crippen LogP contribution in [0.3, 0.4) is 0 Å². The van der Waals surface area contributed by atoms with E-state index in [1.54, 1.807) is 0 Å². The first-order valence-electron chi connectivity index (χ1n) is 6.91. The summed E-state index contributed by atoms with van der Waals surface area (Å²) in [5.41, 5.74) is 3.01. The number of benzene rings is 2. The standard InChI is InChI=1S/C17H16BrNO2/c1-11-8-14(6-7-15(11)18)19-17(20)13-9-12-4-2-3-5-16(12)21-10-13/h2-8,13H,9-10H2,1H3,(H,19,20)/t13-/m0/s1. The highest BCUT2D eigenvalue weighted by Crippen LogP contribution is 2.28. The number of hydrogen-bond acceptors (Lipinski definition) is 2. The Morgan fingerprint density at radius 1 is 1.29 bits per heavy atom. The van der Waals surface area contributed by atoms with Gasteiger partial charge in [0.15, 0.2) is 0 Å². The zero-order chi connectivity index (χ0) is 14.8. The molecule has 1 heterocycles. The molecule has 1 amide bonds. The van der Waals surface area contributed by atoms with Gasteiger partial charge in [-0.05, 0) is 48.7 Å². The van der Waals surface area contributed by atoms with E-state index in [9.17, 15) is 4.79 Å². The summed E-state index contributed by atoms with van der Waals surface area (Å²) in [6.45, 7) is 2.43. The molecule has 0 unspecified atom stereocenters. The summed E-state index contributed by atoms with van der Waals surface area (Å²) < 4.78 is 6.71. The van der Waals surface area contributed by atoms with Gasteiger partial charge in [-0.2, -0.15) is 0 Å². The Labute approximate surface area is 132 Å². The van der Waals surface area contributed by atoms with Crippen LogP contribution in [0, 0.1) is 12.8 Å². The molecule has 0 fully saturated rings. The van der Waals surface area contributed by atoms with Crippen LogP contribution in [-0.4, -0.2) is 12.5 Å². The van der Waals surface area contributed by atoms with Crippen molar-refractivity contribution in [3.63, 3.8) is 0 Å². The number of aryl methyl sites for hydroxylation is 1. The Morgan fingerprint density at radius 2 is 2.10 bits per heavy atom. The number of para-hydroxylation sites is 1. The predicted octanol–water partition coefficient (Wildman–Crippen LogP) is 3.95. The highest BCUT2D eigenvalue weighted by molar-refractivity contribution is 9.10. The van der Waals surface area contributed by atoms with Crippen molar-refractivity contribution in [1.82, 2.24) is 0 Å². The number of carbonyl (C=O) groups is 1. The Morgan fingerprint density at radius 3 is 2.90 bits per heavy atom. The van der Waals surface area contributed by atoms with Gasteiger partial charge < -0.3 is 10.1 Å². The quantitative estimate of drug-likeness (QED) is 0.894. The fourth-order valence-corrected chi connectivity index (χ4v) is 2.71. The molecule has 4 heteroatoms. The predicted molar refractivity (Wildman–Crippen MR) is 86.6 cm³/mol. The number of halogens is 1. The van der Waals surface area contributed by atoms with Crippen molar-refractivity contribution in [2.75, 3.05) is 11.9 Å². The van der Waals surface area contributed by atoms with Gasteiger partial charge >= 0.3 is 0 Å². The van der Waals surface area contributed by atoms with Crippen LogP contribution in [0.4, 0.5) is 5.69 Å². The summed E-state index contributed by atoms with van der Waals surface area (Å²) in [5.74, 6) is 0.746. The van der Waals surface area contributed by atoms with Crippen LogP contribution in [0.5, 0.6) is 5.75 Å². The molecule has 2 aromatic rings. The van der Waals surface area contributed by atoms with Gasteiger partial charge in [0.05, 0.1) is 5.92 Å². The summed E-state index contributed by atoms with van der Waals surface area (Å²) >= 11 is 3.46. The van der Waals surface area contributed by atoms with Crippen molar-refractivity contribution in [3.05, 3.63) is 58.1 Å². The third-order valence-corrected chi connectivity index (χ3v) is 4.56. The zero-order valence-corrected chi connectivity index (χ0v) is 13.3. The molecule has 108 valence electrons. The van der Waals surface area contributed by atoms with Crippen LogP contribution in [0.2, 0.25) is 0 Å². The largest absolute Gasteiger partial charge is 0.492 e. The third kappa shape index (κ3) is 3.10. The minimum atomic E-state index is -0.149. The van der Waals surface area contributed by atoms with Gasteiger partial charge in [0.2, 0.25) is 5.91 Å². The van der Waals surface area contributed by atoms with Gasteiger partial charge in [-0.15, -0.1) is 0 Å². The molecule has 0 bridgehead atoms. The van der Waals surface area contributed by atoms with Crippen molar-refractivity contribution >= 4 is 27.5 Å². The van der Waals surface area contributed by atoms with Crippen LogP contribution in [0.25, 0.3) is 0 Å². The van der Waals surface area contributed by atoms with Crippen LogP contribution in [-0.2, 0) is 11.2 Å². The summed E-state index contributed by atoms with van der Waals surface area (Å²) in [6, 6.07) is 13.7. The van der Waals surface area contributed by atoms with Crippen LogP contribution >= 0.6 is 15.9 Å². The van der Waals surface area contributed by atoms with E-state index in [4.69, 9.17) is 4.74 Å². The first-order valence-corrected chi connectivity index (χ1v) is 7.70. The number of nitrogens with one attached hydrogen (secondary N) is 1. The van der Waals surface area contributed by atoms with Crippen molar-refractivity contribution in [1.29, 1.82) is 0 Å². The molecule has 3 nitrogen and oxygen atoms in total. The van der Waals surface area contributed by atoms with E-state index in [1.165, 1.54) is 0 Å². The maximum absolute atomic E-state index is 12.4. The second-order valence-electron chi connectivity index (χ2n) is 5.27. The molecule has 0 saturated carbocycles. The van der Waals surface area contributed by atoms with E-state index >= 15 is 0 Å². The Bertz CT molecular complexity index is 684. The molecule has 1 aliphatic heterocycles. The van der Waals surface area contributed by atoms with Gasteiger partial charge in [0.1, 0.15) is 12.4 Å². The highest BCUT2D eigenvalue weighted by Gasteiger charge is 2.25. The number of anilines is 1. The molecule has 0 aliphatic carbocycles. The minimum Gasteiger partial charge on any atom is -0.492 e. The van der Waals surface area contributed by atoms with E-state index in [1.807, 2.05) is 49.4 Å². The molecule has 0 saturated heterocycles. The van der Waals surface area contributed by atoms with Crippen molar-refractivity contribution in [2.24, 2.45) is 5.92 Å². The van der Waals surface area contributed by atoms with E-state index < -0.39 is 0 Å². The second kappa shape index (κ2) is 5.90. The summed E-state index contributed by atoms with van der Waals surface area (Å²) in [4.78, 5) is 12.4. The van der Waals surface area contributed by atoms with Gasteiger partial charge in [-0.25, -0.2) is 0 Å². The summed E-state index contributed by atoms with van der Waals surface area (Å²) in [6.07, 6.45) is 0.720. The number of carbonyl (C=O) groups excluding carboxylic acids is 1. The maximum Gasteiger partial charge on any atom is 0.231 e. The molecule has 0 spiro atoms. The minimum absolute atomic E-state index is 0.00576. The van der Waals surface area contributed by atoms with Crippen LogP contribution in [0.15, 0.2) is 46.9 Å². The number of rotatable bonds is 2. The second-order valence-corrected chi connectivity index (χ2v) is 6.13. The third-order valence-electron chi connectivity index (χ3n) is 3.68. The lowest BCUT2D eigenvalue weighted by molar-refractivity contribution is -0.121. The maximum atomic E-state index is 12.4. The van der Waals surface area contributed by atoms with E-state index in [0.717, 1.165) is 33.5 Å². The molecule has 1 atom stereocenters. The molecule has 1 aliphatic rings. The molecule has 21 heavy (non-hydrogen) atoms. The van der Waals surface area contributed by atoms with E-state index in [0.29, 0.717) is 6.61 Å². The molecule has 0 aromatic heterocycles. The molecule has 1 N–H and O–H groups in total. The van der Waals surface area contributed by atoms with E-state index in [2.05, 4.69) is 21.2 Å². The van der Waals surface area contributed by atoms with Gasteiger partial charge in [-0.3, -0.25) is 4.79 Å². The monoisotopic (exact) mass is 345 g/mol. The number of ether oxygens (including phenoxy) is 1. The number of fused-ring (bicyclic) bond motifs is 1. The van der Waals surface area contributed by atoms with Gasteiger partial charge in [0.25, 0.3) is 0 Å². The topological polar surface area (TPSA) is 38.3 Å². The molecular weight excluding hydrogens is 330 g/mol. The first-order chi connectivity index (χ1) is 10.1. The normalized spacial score (nSPS) is 16.8. The molecule has 3 rings (SSSR count). The van der Waals surface area contributed by atoms with E-state index in [-0.39, 0.29) is 11.8 Å². The SMILES string of the molecule is Cc1cc(NC(=O)[C@@H]2COc3ccccc3C2)ccc1Br.